The van der Waals surface area contributed by atoms with Crippen molar-refractivity contribution in [2.24, 2.45) is 0 Å². The molecule has 0 saturated heterocycles. The number of aromatic nitrogens is 3. The molecule has 132 valence electrons. The van der Waals surface area contributed by atoms with Crippen LogP contribution in [0.2, 0.25) is 10.0 Å². The summed E-state index contributed by atoms with van der Waals surface area (Å²) < 4.78 is 1.21. The van der Waals surface area contributed by atoms with Crippen LogP contribution in [0, 0.1) is 0 Å². The van der Waals surface area contributed by atoms with Gasteiger partial charge in [-0.1, -0.05) is 83.9 Å². The largest absolute Gasteiger partial charge is 0.369 e. The summed E-state index contributed by atoms with van der Waals surface area (Å²) in [5.41, 5.74) is 2.74. The van der Waals surface area contributed by atoms with Crippen LogP contribution in [0.3, 0.4) is 0 Å². The van der Waals surface area contributed by atoms with Gasteiger partial charge in [-0.05, 0) is 18.2 Å². The average molecular weight is 394 g/mol. The SMILES string of the molecule is O=c1nc(-c2ccccc2)c(-c2ccccc2)nn1-c1cc(Cl)cc(Cl)c1. The molecule has 0 N–H and O–H groups in total. The number of hydrogen-bond donors (Lipinski definition) is 0. The molecule has 0 bridgehead atoms. The van der Waals surface area contributed by atoms with Gasteiger partial charge in [0, 0.05) is 21.2 Å². The molecule has 1 aromatic heterocycles. The van der Waals surface area contributed by atoms with Gasteiger partial charge in [0.2, 0.25) is 0 Å². The van der Waals surface area contributed by atoms with E-state index in [0.29, 0.717) is 27.1 Å². The summed E-state index contributed by atoms with van der Waals surface area (Å²) in [6, 6.07) is 24.0. The lowest BCUT2D eigenvalue weighted by Gasteiger charge is -2.12. The molecule has 0 unspecified atom stereocenters. The van der Waals surface area contributed by atoms with Crippen LogP contribution < -0.4 is 5.69 Å². The van der Waals surface area contributed by atoms with E-state index in [2.05, 4.69) is 10.1 Å². The Morgan fingerprint density at radius 1 is 0.704 bits per heavy atom. The van der Waals surface area contributed by atoms with Crippen LogP contribution >= 0.6 is 23.2 Å². The topological polar surface area (TPSA) is 47.8 Å². The minimum atomic E-state index is -0.508. The zero-order valence-electron chi connectivity index (χ0n) is 14.0. The fourth-order valence-electron chi connectivity index (χ4n) is 2.80. The van der Waals surface area contributed by atoms with Crippen LogP contribution in [0.5, 0.6) is 0 Å². The smallest absolute Gasteiger partial charge is 0.244 e. The molecule has 0 fully saturated rings. The standard InChI is InChI=1S/C21H13Cl2N3O/c22-16-11-17(23)13-18(12-16)26-21(27)24-19(14-7-3-1-4-8-14)20(25-26)15-9-5-2-6-10-15/h1-13H. The van der Waals surface area contributed by atoms with Crippen molar-refractivity contribution in [1.82, 2.24) is 14.8 Å². The van der Waals surface area contributed by atoms with Crippen molar-refractivity contribution in [3.63, 3.8) is 0 Å². The molecule has 0 radical (unpaired) electrons. The van der Waals surface area contributed by atoms with E-state index < -0.39 is 5.69 Å². The molecule has 3 aromatic carbocycles. The maximum absolute atomic E-state index is 12.7. The number of rotatable bonds is 3. The predicted molar refractivity (Wildman–Crippen MR) is 109 cm³/mol. The second-order valence-corrected chi connectivity index (χ2v) is 6.74. The first-order valence-electron chi connectivity index (χ1n) is 8.20. The van der Waals surface area contributed by atoms with Crippen molar-refractivity contribution in [3.8, 4) is 28.2 Å². The molecule has 4 rings (SSSR count). The lowest BCUT2D eigenvalue weighted by molar-refractivity contribution is 0.771. The number of benzene rings is 3. The number of halogens is 2. The summed E-state index contributed by atoms with van der Waals surface area (Å²) in [7, 11) is 0. The minimum absolute atomic E-state index is 0.416. The fourth-order valence-corrected chi connectivity index (χ4v) is 3.32. The van der Waals surface area contributed by atoms with Crippen LogP contribution in [0.15, 0.2) is 83.7 Å². The van der Waals surface area contributed by atoms with Crippen LogP contribution in [0.1, 0.15) is 0 Å². The molecule has 0 aliphatic heterocycles. The monoisotopic (exact) mass is 393 g/mol. The van der Waals surface area contributed by atoms with Crippen LogP contribution in [0.25, 0.3) is 28.2 Å². The number of hydrogen-bond acceptors (Lipinski definition) is 3. The Labute approximate surface area is 165 Å². The molecule has 4 aromatic rings. The summed E-state index contributed by atoms with van der Waals surface area (Å²) in [5.74, 6) is 0. The van der Waals surface area contributed by atoms with Crippen molar-refractivity contribution >= 4 is 23.2 Å². The second kappa shape index (κ2) is 7.35. The first-order chi connectivity index (χ1) is 13.1. The van der Waals surface area contributed by atoms with Gasteiger partial charge >= 0.3 is 5.69 Å². The van der Waals surface area contributed by atoms with Crippen molar-refractivity contribution in [2.75, 3.05) is 0 Å². The summed E-state index contributed by atoms with van der Waals surface area (Å²) in [4.78, 5) is 17.0. The Morgan fingerprint density at radius 3 is 1.78 bits per heavy atom. The molecule has 0 aliphatic rings. The maximum Gasteiger partial charge on any atom is 0.369 e. The molecule has 4 nitrogen and oxygen atoms in total. The molecule has 6 heteroatoms. The summed E-state index contributed by atoms with van der Waals surface area (Å²) >= 11 is 12.2. The van der Waals surface area contributed by atoms with Gasteiger partial charge in [-0.3, -0.25) is 0 Å². The number of nitrogens with zero attached hydrogens (tertiary/aromatic N) is 3. The van der Waals surface area contributed by atoms with E-state index in [9.17, 15) is 4.79 Å². The lowest BCUT2D eigenvalue weighted by Crippen LogP contribution is -2.25. The first kappa shape index (κ1) is 17.5. The highest BCUT2D eigenvalue weighted by molar-refractivity contribution is 6.34. The Balaban J connectivity index is 2.00. The van der Waals surface area contributed by atoms with E-state index in [-0.39, 0.29) is 0 Å². The molecule has 0 amide bonds. The van der Waals surface area contributed by atoms with Crippen molar-refractivity contribution in [2.45, 2.75) is 0 Å². The lowest BCUT2D eigenvalue weighted by atomic mass is 10.0. The normalized spacial score (nSPS) is 10.7. The quantitative estimate of drug-likeness (QED) is 0.476. The van der Waals surface area contributed by atoms with Crippen LogP contribution in [0.4, 0.5) is 0 Å². The maximum atomic E-state index is 12.7. The average Bonchev–Trinajstić information content (AvgIpc) is 2.68. The zero-order valence-corrected chi connectivity index (χ0v) is 15.5. The van der Waals surface area contributed by atoms with Gasteiger partial charge in [0.25, 0.3) is 0 Å². The van der Waals surface area contributed by atoms with Gasteiger partial charge in [0.15, 0.2) is 0 Å². The first-order valence-corrected chi connectivity index (χ1v) is 8.96. The molecule has 0 aliphatic carbocycles. The third-order valence-corrected chi connectivity index (χ3v) is 4.44. The van der Waals surface area contributed by atoms with Crippen LogP contribution in [-0.2, 0) is 0 Å². The Kier molecular flexibility index (Phi) is 4.75. The molecular formula is C21H13Cl2N3O. The van der Waals surface area contributed by atoms with Gasteiger partial charge in [0.05, 0.1) is 5.69 Å². The highest BCUT2D eigenvalue weighted by atomic mass is 35.5. The molecule has 0 spiro atoms. The van der Waals surface area contributed by atoms with Gasteiger partial charge in [-0.2, -0.15) is 14.8 Å². The van der Waals surface area contributed by atoms with E-state index in [1.54, 1.807) is 18.2 Å². The van der Waals surface area contributed by atoms with Crippen molar-refractivity contribution in [1.29, 1.82) is 0 Å². The molecule has 1 heterocycles. The molecule has 27 heavy (non-hydrogen) atoms. The van der Waals surface area contributed by atoms with Gasteiger partial charge < -0.3 is 0 Å². The summed E-state index contributed by atoms with van der Waals surface area (Å²) in [6.07, 6.45) is 0. The summed E-state index contributed by atoms with van der Waals surface area (Å²) in [6.45, 7) is 0. The van der Waals surface area contributed by atoms with E-state index in [0.717, 1.165) is 11.1 Å². The highest BCUT2D eigenvalue weighted by Gasteiger charge is 2.15. The fraction of sp³-hybridized carbons (Fsp3) is 0. The summed E-state index contributed by atoms with van der Waals surface area (Å²) in [5, 5.41) is 5.43. The van der Waals surface area contributed by atoms with Gasteiger partial charge in [-0.15, -0.1) is 0 Å². The second-order valence-electron chi connectivity index (χ2n) is 5.86. The van der Waals surface area contributed by atoms with Gasteiger partial charge in [0.1, 0.15) is 11.4 Å². The zero-order chi connectivity index (χ0) is 18.8. The minimum Gasteiger partial charge on any atom is -0.244 e. The highest BCUT2D eigenvalue weighted by Crippen LogP contribution is 2.28. The van der Waals surface area contributed by atoms with Gasteiger partial charge in [-0.25, -0.2) is 4.79 Å². The Morgan fingerprint density at radius 2 is 1.22 bits per heavy atom. The molecule has 0 saturated carbocycles. The Bertz CT molecular complexity index is 1140. The van der Waals surface area contributed by atoms with E-state index >= 15 is 0 Å². The predicted octanol–water partition coefficient (Wildman–Crippen LogP) is 5.27. The third-order valence-electron chi connectivity index (χ3n) is 4.00. The van der Waals surface area contributed by atoms with E-state index in [1.807, 2.05) is 60.7 Å². The molecular weight excluding hydrogens is 381 g/mol. The van der Waals surface area contributed by atoms with E-state index in [1.165, 1.54) is 4.68 Å². The van der Waals surface area contributed by atoms with E-state index in [4.69, 9.17) is 23.2 Å². The van der Waals surface area contributed by atoms with Crippen molar-refractivity contribution in [3.05, 3.63) is 99.4 Å². The molecule has 0 atom stereocenters. The third kappa shape index (κ3) is 3.63. The van der Waals surface area contributed by atoms with Crippen LogP contribution in [-0.4, -0.2) is 14.8 Å². The Hall–Kier alpha value is -2.95. The van der Waals surface area contributed by atoms with Crippen molar-refractivity contribution < 1.29 is 0 Å².